The molecule has 0 aliphatic heterocycles. The van der Waals surface area contributed by atoms with Crippen LogP contribution in [0.15, 0.2) is 16.9 Å². The van der Waals surface area contributed by atoms with E-state index in [-0.39, 0.29) is 0 Å². The van der Waals surface area contributed by atoms with Crippen molar-refractivity contribution in [3.63, 3.8) is 0 Å². The van der Waals surface area contributed by atoms with Crippen molar-refractivity contribution < 1.29 is 0 Å². The van der Waals surface area contributed by atoms with Gasteiger partial charge in [-0.15, -0.1) is 0 Å². The lowest BCUT2D eigenvalue weighted by Gasteiger charge is -2.15. The van der Waals surface area contributed by atoms with E-state index in [0.717, 1.165) is 33.9 Å². The highest BCUT2D eigenvalue weighted by atomic mass is 79.9. The zero-order chi connectivity index (χ0) is 14.8. The minimum absolute atomic E-state index is 0.537. The Labute approximate surface area is 133 Å². The second-order valence-corrected chi connectivity index (χ2v) is 6.20. The van der Waals surface area contributed by atoms with Gasteiger partial charge in [0.1, 0.15) is 5.82 Å². The van der Waals surface area contributed by atoms with Crippen LogP contribution < -0.4 is 5.32 Å². The van der Waals surface area contributed by atoms with E-state index in [0.29, 0.717) is 5.92 Å². The van der Waals surface area contributed by atoms with Gasteiger partial charge in [0.05, 0.1) is 21.9 Å². The predicted molar refractivity (Wildman–Crippen MR) is 87.4 cm³/mol. The summed E-state index contributed by atoms with van der Waals surface area (Å²) in [5.41, 5.74) is 2.10. The molecule has 0 atom stereocenters. The molecule has 0 bridgehead atoms. The Bertz CT molecular complexity index is 631. The van der Waals surface area contributed by atoms with Crippen molar-refractivity contribution in [3.8, 4) is 11.4 Å². The third kappa shape index (κ3) is 2.81. The van der Waals surface area contributed by atoms with Gasteiger partial charge in [0.25, 0.3) is 0 Å². The van der Waals surface area contributed by atoms with Crippen LogP contribution in [0.1, 0.15) is 44.2 Å². The number of aromatic nitrogens is 4. The van der Waals surface area contributed by atoms with Crippen LogP contribution in [0.3, 0.4) is 0 Å². The zero-order valence-electron chi connectivity index (χ0n) is 12.4. The summed E-state index contributed by atoms with van der Waals surface area (Å²) in [6, 6.07) is 0. The van der Waals surface area contributed by atoms with Gasteiger partial charge in [0, 0.05) is 25.7 Å². The highest BCUT2D eigenvalue weighted by Crippen LogP contribution is 2.39. The molecule has 0 aromatic carbocycles. The van der Waals surface area contributed by atoms with Gasteiger partial charge in [-0.1, -0.05) is 12.8 Å². The second kappa shape index (κ2) is 6.13. The van der Waals surface area contributed by atoms with Gasteiger partial charge in [-0.25, -0.2) is 9.97 Å². The summed E-state index contributed by atoms with van der Waals surface area (Å²) < 4.78 is 2.90. The molecule has 2 heterocycles. The van der Waals surface area contributed by atoms with Crippen molar-refractivity contribution in [2.75, 3.05) is 12.4 Å². The number of halogens is 1. The number of anilines is 1. The maximum Gasteiger partial charge on any atom is 0.165 e. The van der Waals surface area contributed by atoms with Crippen molar-refractivity contribution in [2.24, 2.45) is 0 Å². The van der Waals surface area contributed by atoms with Crippen LogP contribution in [0.5, 0.6) is 0 Å². The number of nitrogens with zero attached hydrogens (tertiary/aromatic N) is 4. The molecular formula is C15H20BrN5. The van der Waals surface area contributed by atoms with Crippen molar-refractivity contribution in [3.05, 3.63) is 22.6 Å². The number of hydrogen-bond acceptors (Lipinski definition) is 4. The first-order chi connectivity index (χ1) is 10.2. The topological polar surface area (TPSA) is 55.6 Å². The molecule has 3 rings (SSSR count). The lowest BCUT2D eigenvalue weighted by atomic mass is 10.0. The summed E-state index contributed by atoms with van der Waals surface area (Å²) in [6.07, 6.45) is 8.85. The molecule has 0 unspecified atom stereocenters. The Balaban J connectivity index is 2.05. The first-order valence-electron chi connectivity index (χ1n) is 7.51. The van der Waals surface area contributed by atoms with Crippen LogP contribution in [0.2, 0.25) is 0 Å². The minimum atomic E-state index is 0.537. The molecule has 1 aliphatic rings. The fourth-order valence-corrected chi connectivity index (χ4v) is 3.58. The Kier molecular flexibility index (Phi) is 4.24. The standard InChI is InChI=1S/C15H20BrN5/c1-3-21-9-11(8-18-21)14-19-13(10-6-4-5-7-10)12(16)15(17-2)20-14/h8-10H,3-7H2,1-2H3,(H,17,19,20). The molecule has 0 saturated heterocycles. The van der Waals surface area contributed by atoms with Crippen molar-refractivity contribution >= 4 is 21.7 Å². The molecule has 2 aromatic heterocycles. The summed E-state index contributed by atoms with van der Waals surface area (Å²) in [6.45, 7) is 2.92. The van der Waals surface area contributed by atoms with Crippen LogP contribution >= 0.6 is 15.9 Å². The van der Waals surface area contributed by atoms with E-state index in [1.165, 1.54) is 25.7 Å². The average Bonchev–Trinajstić information content (AvgIpc) is 3.18. The highest BCUT2D eigenvalue weighted by Gasteiger charge is 2.24. The van der Waals surface area contributed by atoms with E-state index < -0.39 is 0 Å². The molecule has 112 valence electrons. The molecule has 1 fully saturated rings. The third-order valence-corrected chi connectivity index (χ3v) is 4.85. The van der Waals surface area contributed by atoms with Crippen LogP contribution in [0, 0.1) is 0 Å². The van der Waals surface area contributed by atoms with Crippen molar-refractivity contribution in [2.45, 2.75) is 45.1 Å². The number of rotatable bonds is 4. The third-order valence-electron chi connectivity index (χ3n) is 4.07. The average molecular weight is 350 g/mol. The van der Waals surface area contributed by atoms with E-state index in [2.05, 4.69) is 38.3 Å². The molecule has 5 nitrogen and oxygen atoms in total. The Morgan fingerprint density at radius 1 is 1.33 bits per heavy atom. The highest BCUT2D eigenvalue weighted by molar-refractivity contribution is 9.10. The first kappa shape index (κ1) is 14.5. The van der Waals surface area contributed by atoms with E-state index in [1.807, 2.05) is 24.1 Å². The zero-order valence-corrected chi connectivity index (χ0v) is 14.0. The monoisotopic (exact) mass is 349 g/mol. The van der Waals surface area contributed by atoms with Crippen LogP contribution in [-0.2, 0) is 6.54 Å². The van der Waals surface area contributed by atoms with E-state index in [4.69, 9.17) is 4.98 Å². The second-order valence-electron chi connectivity index (χ2n) is 5.41. The van der Waals surface area contributed by atoms with Crippen LogP contribution in [0.4, 0.5) is 5.82 Å². The molecule has 21 heavy (non-hydrogen) atoms. The van der Waals surface area contributed by atoms with Gasteiger partial charge < -0.3 is 5.32 Å². The predicted octanol–water partition coefficient (Wildman–Crippen LogP) is 3.82. The smallest absolute Gasteiger partial charge is 0.165 e. The van der Waals surface area contributed by atoms with Gasteiger partial charge in [-0.05, 0) is 35.7 Å². The number of nitrogens with one attached hydrogen (secondary N) is 1. The quantitative estimate of drug-likeness (QED) is 0.911. The van der Waals surface area contributed by atoms with Crippen LogP contribution in [0.25, 0.3) is 11.4 Å². The van der Waals surface area contributed by atoms with Gasteiger partial charge >= 0.3 is 0 Å². The normalized spacial score (nSPS) is 15.6. The summed E-state index contributed by atoms with van der Waals surface area (Å²) in [5.74, 6) is 2.14. The Morgan fingerprint density at radius 3 is 2.71 bits per heavy atom. The summed E-state index contributed by atoms with van der Waals surface area (Å²) >= 11 is 3.67. The maximum atomic E-state index is 4.83. The maximum absolute atomic E-state index is 4.83. The van der Waals surface area contributed by atoms with Crippen LogP contribution in [-0.4, -0.2) is 26.8 Å². The molecule has 0 radical (unpaired) electrons. The van der Waals surface area contributed by atoms with E-state index in [1.54, 1.807) is 0 Å². The summed E-state index contributed by atoms with van der Waals surface area (Å²) in [5, 5.41) is 7.49. The molecule has 1 saturated carbocycles. The largest absolute Gasteiger partial charge is 0.372 e. The molecule has 2 aromatic rings. The lowest BCUT2D eigenvalue weighted by molar-refractivity contribution is 0.660. The Hall–Kier alpha value is -1.43. The van der Waals surface area contributed by atoms with Gasteiger partial charge in [0.2, 0.25) is 0 Å². The number of aryl methyl sites for hydroxylation is 1. The summed E-state index contributed by atoms with van der Waals surface area (Å²) in [4.78, 5) is 9.45. The van der Waals surface area contributed by atoms with Crippen molar-refractivity contribution in [1.82, 2.24) is 19.7 Å². The molecule has 1 N–H and O–H groups in total. The molecular weight excluding hydrogens is 330 g/mol. The molecule has 6 heteroatoms. The van der Waals surface area contributed by atoms with E-state index >= 15 is 0 Å². The minimum Gasteiger partial charge on any atom is -0.372 e. The fraction of sp³-hybridized carbons (Fsp3) is 0.533. The molecule has 0 spiro atoms. The van der Waals surface area contributed by atoms with Gasteiger partial charge in [-0.2, -0.15) is 5.10 Å². The van der Waals surface area contributed by atoms with Gasteiger partial charge in [0.15, 0.2) is 5.82 Å². The first-order valence-corrected chi connectivity index (χ1v) is 8.30. The fourth-order valence-electron chi connectivity index (χ4n) is 2.88. The van der Waals surface area contributed by atoms with Crippen molar-refractivity contribution in [1.29, 1.82) is 0 Å². The lowest BCUT2D eigenvalue weighted by Crippen LogP contribution is -2.06. The SMILES string of the molecule is CCn1cc(-c2nc(NC)c(Br)c(C3CCCC3)n2)cn1. The van der Waals surface area contributed by atoms with Gasteiger partial charge in [-0.3, -0.25) is 4.68 Å². The van der Waals surface area contributed by atoms with E-state index in [9.17, 15) is 0 Å². The molecule has 1 aliphatic carbocycles. The summed E-state index contributed by atoms with van der Waals surface area (Å²) in [7, 11) is 1.89. The number of hydrogen-bond donors (Lipinski definition) is 1. The molecule has 0 amide bonds. The Morgan fingerprint density at radius 2 is 2.10 bits per heavy atom.